The number of hydrogen-bond donors (Lipinski definition) is 1. The third-order valence-electron chi connectivity index (χ3n) is 5.33. The van der Waals surface area contributed by atoms with Crippen LogP contribution in [0.4, 0.5) is 5.69 Å². The van der Waals surface area contributed by atoms with E-state index in [-0.39, 0.29) is 24.4 Å². The number of carbonyl (C=O) groups excluding carboxylic acids is 1. The third-order valence-corrected chi connectivity index (χ3v) is 5.33. The first kappa shape index (κ1) is 21.3. The molecule has 0 radical (unpaired) electrons. The van der Waals surface area contributed by atoms with E-state index in [1.807, 2.05) is 23.1 Å². The van der Waals surface area contributed by atoms with Gasteiger partial charge in [0.2, 0.25) is 0 Å². The molecule has 1 aliphatic heterocycles. The van der Waals surface area contributed by atoms with Gasteiger partial charge in [0.15, 0.2) is 0 Å². The van der Waals surface area contributed by atoms with Gasteiger partial charge in [-0.2, -0.15) is 0 Å². The number of carbonyl (C=O) groups is 1. The quantitative estimate of drug-likeness (QED) is 0.816. The molecular weight excluding hydrogens is 358 g/mol. The van der Waals surface area contributed by atoms with Gasteiger partial charge in [-0.3, -0.25) is 4.79 Å². The van der Waals surface area contributed by atoms with Gasteiger partial charge in [0.05, 0.1) is 0 Å². The second-order valence-electron chi connectivity index (χ2n) is 7.19. The summed E-state index contributed by atoms with van der Waals surface area (Å²) in [6, 6.07) is 18.7. The van der Waals surface area contributed by atoms with Crippen molar-refractivity contribution in [3.05, 3.63) is 65.7 Å². The molecule has 1 amide bonds. The summed E-state index contributed by atoms with van der Waals surface area (Å²) in [5, 5.41) is 0. The molecule has 2 N–H and O–H groups in total. The van der Waals surface area contributed by atoms with Gasteiger partial charge < -0.3 is 15.5 Å². The molecule has 0 aromatic heterocycles. The molecule has 1 aliphatic rings. The summed E-state index contributed by atoms with van der Waals surface area (Å²) in [4.78, 5) is 17.1. The summed E-state index contributed by atoms with van der Waals surface area (Å²) in [5.41, 5.74) is 8.97. The molecule has 2 aromatic rings. The number of likely N-dealkylation sites (tertiary alicyclic amines) is 1. The number of benzene rings is 2. The molecule has 0 spiro atoms. The lowest BCUT2D eigenvalue weighted by atomic mass is 10.1. The molecule has 2 unspecified atom stereocenters. The zero-order valence-electron chi connectivity index (χ0n) is 16.2. The first-order valence-electron chi connectivity index (χ1n) is 9.52. The molecule has 1 fully saturated rings. The number of halogens is 1. The highest BCUT2D eigenvalue weighted by Gasteiger charge is 2.32. The zero-order chi connectivity index (χ0) is 18.5. The largest absolute Gasteiger partial charge is 0.367 e. The van der Waals surface area contributed by atoms with E-state index in [0.29, 0.717) is 12.5 Å². The molecule has 1 saturated heterocycles. The monoisotopic (exact) mass is 387 g/mol. The lowest BCUT2D eigenvalue weighted by molar-refractivity contribution is 0.0743. The van der Waals surface area contributed by atoms with Gasteiger partial charge in [-0.1, -0.05) is 30.3 Å². The Labute approximate surface area is 168 Å². The first-order valence-corrected chi connectivity index (χ1v) is 9.52. The van der Waals surface area contributed by atoms with Crippen LogP contribution in [0.15, 0.2) is 54.6 Å². The fourth-order valence-electron chi connectivity index (χ4n) is 3.77. The Morgan fingerprint density at radius 2 is 1.81 bits per heavy atom. The maximum Gasteiger partial charge on any atom is 0.254 e. The van der Waals surface area contributed by atoms with Crippen LogP contribution >= 0.6 is 12.4 Å². The number of rotatable bonds is 6. The molecule has 146 valence electrons. The SMILES string of the molecule is CCN(Cc1ccccc1)c1ccc(C(=O)N2CC(CN)CC2C)cc1.Cl. The van der Waals surface area contributed by atoms with Crippen LogP contribution in [0.3, 0.4) is 0 Å². The van der Waals surface area contributed by atoms with Gasteiger partial charge in [0.25, 0.3) is 5.91 Å². The molecule has 4 nitrogen and oxygen atoms in total. The Morgan fingerprint density at radius 1 is 1.15 bits per heavy atom. The van der Waals surface area contributed by atoms with Gasteiger partial charge in [0, 0.05) is 36.9 Å². The highest BCUT2D eigenvalue weighted by atomic mass is 35.5. The lowest BCUT2D eigenvalue weighted by Gasteiger charge is -2.25. The maximum atomic E-state index is 12.8. The average molecular weight is 388 g/mol. The van der Waals surface area contributed by atoms with Crippen LogP contribution < -0.4 is 10.6 Å². The van der Waals surface area contributed by atoms with Gasteiger partial charge in [-0.15, -0.1) is 12.4 Å². The number of anilines is 1. The second kappa shape index (κ2) is 9.77. The highest BCUT2D eigenvalue weighted by Crippen LogP contribution is 2.25. The van der Waals surface area contributed by atoms with E-state index >= 15 is 0 Å². The molecular formula is C22H30ClN3O. The Balaban J connectivity index is 0.00000261. The van der Waals surface area contributed by atoms with Crippen LogP contribution in [0.2, 0.25) is 0 Å². The van der Waals surface area contributed by atoms with E-state index in [0.717, 1.165) is 37.3 Å². The van der Waals surface area contributed by atoms with Crippen molar-refractivity contribution >= 4 is 24.0 Å². The minimum atomic E-state index is 0. The van der Waals surface area contributed by atoms with Crippen molar-refractivity contribution in [2.75, 3.05) is 24.5 Å². The van der Waals surface area contributed by atoms with Gasteiger partial charge in [0.1, 0.15) is 0 Å². The molecule has 2 aromatic carbocycles. The van der Waals surface area contributed by atoms with Crippen LogP contribution in [0.5, 0.6) is 0 Å². The Morgan fingerprint density at radius 3 is 2.37 bits per heavy atom. The van der Waals surface area contributed by atoms with E-state index in [2.05, 4.69) is 55.1 Å². The Bertz CT molecular complexity index is 720. The number of hydrogen-bond acceptors (Lipinski definition) is 3. The molecule has 5 heteroatoms. The van der Waals surface area contributed by atoms with Crippen molar-refractivity contribution in [2.24, 2.45) is 11.7 Å². The normalized spacial score (nSPS) is 18.9. The predicted octanol–water partition coefficient (Wildman–Crippen LogP) is 3.94. The maximum absolute atomic E-state index is 12.8. The van der Waals surface area contributed by atoms with Crippen LogP contribution in [0.1, 0.15) is 36.2 Å². The fraction of sp³-hybridized carbons (Fsp3) is 0.409. The Hall–Kier alpha value is -2.04. The number of nitrogens with two attached hydrogens (primary N) is 1. The molecule has 27 heavy (non-hydrogen) atoms. The summed E-state index contributed by atoms with van der Waals surface area (Å²) in [6.45, 7) is 7.47. The highest BCUT2D eigenvalue weighted by molar-refractivity contribution is 5.95. The van der Waals surface area contributed by atoms with Crippen molar-refractivity contribution in [2.45, 2.75) is 32.9 Å². The van der Waals surface area contributed by atoms with Crippen molar-refractivity contribution in [1.29, 1.82) is 0 Å². The topological polar surface area (TPSA) is 49.6 Å². The van der Waals surface area contributed by atoms with Gasteiger partial charge in [-0.05, 0) is 62.6 Å². The van der Waals surface area contributed by atoms with E-state index in [4.69, 9.17) is 5.73 Å². The van der Waals surface area contributed by atoms with Crippen molar-refractivity contribution < 1.29 is 4.79 Å². The molecule has 0 saturated carbocycles. The summed E-state index contributed by atoms with van der Waals surface area (Å²) in [7, 11) is 0. The number of nitrogens with zero attached hydrogens (tertiary/aromatic N) is 2. The van der Waals surface area contributed by atoms with Crippen molar-refractivity contribution in [3.63, 3.8) is 0 Å². The minimum absolute atomic E-state index is 0. The molecule has 0 bridgehead atoms. The second-order valence-corrected chi connectivity index (χ2v) is 7.19. The summed E-state index contributed by atoms with van der Waals surface area (Å²) >= 11 is 0. The lowest BCUT2D eigenvalue weighted by Crippen LogP contribution is -2.34. The third kappa shape index (κ3) is 5.02. The summed E-state index contributed by atoms with van der Waals surface area (Å²) < 4.78 is 0. The van der Waals surface area contributed by atoms with Crippen molar-refractivity contribution in [3.8, 4) is 0 Å². The minimum Gasteiger partial charge on any atom is -0.367 e. The fourth-order valence-corrected chi connectivity index (χ4v) is 3.77. The molecule has 2 atom stereocenters. The van der Waals surface area contributed by atoms with E-state index < -0.39 is 0 Å². The van der Waals surface area contributed by atoms with Crippen molar-refractivity contribution in [1.82, 2.24) is 4.90 Å². The smallest absolute Gasteiger partial charge is 0.254 e. The van der Waals surface area contributed by atoms with Crippen LogP contribution in [0, 0.1) is 5.92 Å². The standard InChI is InChI=1S/C22H29N3O.ClH/c1-3-24(15-18-7-5-4-6-8-18)21-11-9-20(10-12-21)22(26)25-16-19(14-23)13-17(25)2;/h4-12,17,19H,3,13-16,23H2,1-2H3;1H. The van der Waals surface area contributed by atoms with E-state index in [1.54, 1.807) is 0 Å². The number of amides is 1. The summed E-state index contributed by atoms with van der Waals surface area (Å²) in [6.07, 6.45) is 1.00. The van der Waals surface area contributed by atoms with E-state index in [1.165, 1.54) is 5.56 Å². The Kier molecular flexibility index (Phi) is 7.69. The van der Waals surface area contributed by atoms with Crippen LogP contribution in [-0.4, -0.2) is 36.5 Å². The van der Waals surface area contributed by atoms with Gasteiger partial charge >= 0.3 is 0 Å². The first-order chi connectivity index (χ1) is 12.6. The molecule has 0 aliphatic carbocycles. The van der Waals surface area contributed by atoms with Crippen LogP contribution in [0.25, 0.3) is 0 Å². The predicted molar refractivity (Wildman–Crippen MR) is 115 cm³/mol. The molecule has 1 heterocycles. The average Bonchev–Trinajstić information content (AvgIpc) is 3.07. The molecule has 3 rings (SSSR count). The van der Waals surface area contributed by atoms with Gasteiger partial charge in [-0.25, -0.2) is 0 Å². The van der Waals surface area contributed by atoms with Crippen LogP contribution in [-0.2, 0) is 6.54 Å². The summed E-state index contributed by atoms with van der Waals surface area (Å²) in [5.74, 6) is 0.542. The van der Waals surface area contributed by atoms with E-state index in [9.17, 15) is 4.79 Å². The zero-order valence-corrected chi connectivity index (χ0v) is 17.0.